The van der Waals surface area contributed by atoms with E-state index in [1.165, 1.54) is 72.4 Å². The third-order valence-electron chi connectivity index (χ3n) is 11.4. The van der Waals surface area contributed by atoms with Crippen LogP contribution in [0.2, 0.25) is 0 Å². The van der Waals surface area contributed by atoms with Gasteiger partial charge in [-0.25, -0.2) is 0 Å². The van der Waals surface area contributed by atoms with Crippen LogP contribution in [0.3, 0.4) is 0 Å². The topological polar surface area (TPSA) is 20.2 Å². The zero-order valence-corrected chi connectivity index (χ0v) is 29.8. The molecule has 1 aliphatic carbocycles. The zero-order valence-electron chi connectivity index (χ0n) is 29.8. The van der Waals surface area contributed by atoms with Gasteiger partial charge in [-0.1, -0.05) is 133 Å². The molecule has 0 radical (unpaired) electrons. The van der Waals surface area contributed by atoms with Gasteiger partial charge in [-0.15, -0.1) is 0 Å². The highest BCUT2D eigenvalue weighted by Crippen LogP contribution is 2.54. The Balaban J connectivity index is 1.07. The van der Waals surface area contributed by atoms with Gasteiger partial charge in [0, 0.05) is 39.1 Å². The fraction of sp³-hybridized carbons (Fsp3) is 0.0588. The normalized spacial score (nSPS) is 15.4. The monoisotopic (exact) mass is 691 g/mol. The Bertz CT molecular complexity index is 2820. The van der Waals surface area contributed by atoms with Crippen molar-refractivity contribution >= 4 is 33.5 Å². The highest BCUT2D eigenvalue weighted by atomic mass is 15.2. The highest BCUT2D eigenvalue weighted by Gasteiger charge is 2.32. The van der Waals surface area contributed by atoms with Crippen molar-refractivity contribution < 1.29 is 0 Å². The number of allylic oxidation sites excluding steroid dienone is 3. The number of para-hydroxylation sites is 4. The second-order valence-corrected chi connectivity index (χ2v) is 14.5. The van der Waals surface area contributed by atoms with E-state index in [1.807, 2.05) is 0 Å². The lowest BCUT2D eigenvalue weighted by molar-refractivity contribution is 0.683. The van der Waals surface area contributed by atoms with Crippen molar-refractivity contribution in [3.63, 3.8) is 0 Å². The molecule has 256 valence electrons. The molecule has 0 saturated carbocycles. The summed E-state index contributed by atoms with van der Waals surface area (Å²) in [5.41, 5.74) is 19.8. The van der Waals surface area contributed by atoms with Gasteiger partial charge < -0.3 is 14.8 Å². The molecule has 3 heterocycles. The van der Waals surface area contributed by atoms with E-state index in [9.17, 15) is 0 Å². The van der Waals surface area contributed by atoms with Crippen LogP contribution in [0.15, 0.2) is 194 Å². The third-order valence-corrected chi connectivity index (χ3v) is 11.4. The minimum absolute atomic E-state index is 0.0825. The number of hydrogen-bond acceptors (Lipinski definition) is 2. The first kappa shape index (κ1) is 30.8. The van der Waals surface area contributed by atoms with Gasteiger partial charge >= 0.3 is 0 Å². The maximum atomic E-state index is 3.92. The van der Waals surface area contributed by atoms with Crippen LogP contribution >= 0.6 is 0 Å². The summed E-state index contributed by atoms with van der Waals surface area (Å²) < 4.78 is 2.45. The summed E-state index contributed by atoms with van der Waals surface area (Å²) in [5.74, 6) is 0. The summed E-state index contributed by atoms with van der Waals surface area (Å²) in [7, 11) is 0. The molecule has 3 nitrogen and oxygen atoms in total. The number of benzene rings is 7. The summed E-state index contributed by atoms with van der Waals surface area (Å²) in [6.07, 6.45) is 6.73. The molecular weight excluding hydrogens is 655 g/mol. The van der Waals surface area contributed by atoms with Crippen LogP contribution in [0, 0.1) is 0 Å². The summed E-state index contributed by atoms with van der Waals surface area (Å²) in [5, 5.41) is 5.16. The molecule has 2 aliphatic heterocycles. The Labute approximate surface area is 315 Å². The maximum Gasteiger partial charge on any atom is 0.0773 e. The SMILES string of the molecule is C1=CC2=C(CC1)c1ccccc1C(c1cccc(-c3cccc(N4c5ccccc5-c5c(n(-c6ccccc6)c6ccccc56)-c5ccccc54)c3)c1)N2. The van der Waals surface area contributed by atoms with Gasteiger partial charge in [0.15, 0.2) is 0 Å². The summed E-state index contributed by atoms with van der Waals surface area (Å²) in [4.78, 5) is 2.46. The summed E-state index contributed by atoms with van der Waals surface area (Å²) in [6, 6.07) is 64.6. The standard InChI is InChI=1S/C51H37N3/c1-2-19-37(20-3-1)54-47-30-12-8-26-43(47)49-42-25-7-11-29-46(42)53(48-31-13-9-27-44(48)51(49)54)38-21-15-17-35(33-38)34-16-14-18-36(32-34)50-41-24-5-4-22-39(41)40-23-6-10-28-45(40)52-50/h1-5,7-22,24-33,50,52H,6,23H2. The molecule has 0 spiro atoms. The van der Waals surface area contributed by atoms with Crippen molar-refractivity contribution in [1.29, 1.82) is 0 Å². The molecule has 0 amide bonds. The maximum absolute atomic E-state index is 3.92. The lowest BCUT2D eigenvalue weighted by Crippen LogP contribution is -2.28. The number of nitrogens with zero attached hydrogens (tertiary/aromatic N) is 2. The molecule has 11 rings (SSSR count). The van der Waals surface area contributed by atoms with Crippen LogP contribution in [0.5, 0.6) is 0 Å². The molecule has 1 N–H and O–H groups in total. The minimum atomic E-state index is 0.0825. The Morgan fingerprint density at radius 1 is 0.537 bits per heavy atom. The van der Waals surface area contributed by atoms with Crippen LogP contribution in [0.25, 0.3) is 55.7 Å². The third kappa shape index (κ3) is 4.75. The molecule has 1 atom stereocenters. The minimum Gasteiger partial charge on any atom is -0.374 e. The van der Waals surface area contributed by atoms with Crippen molar-refractivity contribution in [3.8, 4) is 39.2 Å². The predicted octanol–water partition coefficient (Wildman–Crippen LogP) is 13.2. The Hall–Kier alpha value is -6.84. The second kappa shape index (κ2) is 12.4. The smallest absolute Gasteiger partial charge is 0.0773 e. The van der Waals surface area contributed by atoms with Crippen LogP contribution in [-0.2, 0) is 0 Å². The van der Waals surface area contributed by atoms with E-state index >= 15 is 0 Å². The summed E-state index contributed by atoms with van der Waals surface area (Å²) >= 11 is 0. The first-order valence-electron chi connectivity index (χ1n) is 19.0. The van der Waals surface area contributed by atoms with E-state index in [1.54, 1.807) is 0 Å². The number of fused-ring (bicyclic) bond motifs is 9. The molecule has 7 aromatic carbocycles. The number of rotatable bonds is 4. The highest BCUT2D eigenvalue weighted by molar-refractivity contribution is 6.13. The van der Waals surface area contributed by atoms with Crippen LogP contribution < -0.4 is 10.2 Å². The second-order valence-electron chi connectivity index (χ2n) is 14.5. The Morgan fingerprint density at radius 2 is 1.20 bits per heavy atom. The molecule has 1 aromatic heterocycles. The van der Waals surface area contributed by atoms with E-state index in [2.05, 4.69) is 203 Å². The average molecular weight is 692 g/mol. The molecule has 8 aromatic rings. The fourth-order valence-corrected chi connectivity index (χ4v) is 9.09. The molecule has 0 bridgehead atoms. The first-order valence-corrected chi connectivity index (χ1v) is 19.0. The van der Waals surface area contributed by atoms with Crippen molar-refractivity contribution in [1.82, 2.24) is 9.88 Å². The number of nitrogens with one attached hydrogen (secondary N) is 1. The largest absolute Gasteiger partial charge is 0.374 e. The van der Waals surface area contributed by atoms with Crippen molar-refractivity contribution in [2.24, 2.45) is 0 Å². The molecule has 3 heteroatoms. The van der Waals surface area contributed by atoms with Crippen molar-refractivity contribution in [3.05, 3.63) is 210 Å². The fourth-order valence-electron chi connectivity index (χ4n) is 9.09. The van der Waals surface area contributed by atoms with Crippen LogP contribution in [-0.4, -0.2) is 4.57 Å². The lowest BCUT2D eigenvalue weighted by Gasteiger charge is -2.33. The molecular formula is C51H37N3. The van der Waals surface area contributed by atoms with Crippen LogP contribution in [0.4, 0.5) is 17.1 Å². The van der Waals surface area contributed by atoms with Gasteiger partial charge in [-0.05, 0) is 101 Å². The molecule has 0 fully saturated rings. The molecule has 1 unspecified atom stereocenters. The van der Waals surface area contributed by atoms with Crippen LogP contribution in [0.1, 0.15) is 35.6 Å². The van der Waals surface area contributed by atoms with Gasteiger partial charge in [0.25, 0.3) is 0 Å². The Morgan fingerprint density at radius 3 is 2.07 bits per heavy atom. The molecule has 3 aliphatic rings. The van der Waals surface area contributed by atoms with Crippen molar-refractivity contribution in [2.75, 3.05) is 4.90 Å². The van der Waals surface area contributed by atoms with E-state index in [0.717, 1.165) is 35.6 Å². The molecule has 54 heavy (non-hydrogen) atoms. The van der Waals surface area contributed by atoms with E-state index < -0.39 is 0 Å². The zero-order chi connectivity index (χ0) is 35.6. The number of aromatic nitrogens is 1. The number of anilines is 3. The van der Waals surface area contributed by atoms with E-state index in [0.29, 0.717) is 0 Å². The summed E-state index contributed by atoms with van der Waals surface area (Å²) in [6.45, 7) is 0. The van der Waals surface area contributed by atoms with Crippen molar-refractivity contribution in [2.45, 2.75) is 18.9 Å². The average Bonchev–Trinajstić information content (AvgIpc) is 3.53. The van der Waals surface area contributed by atoms with Gasteiger partial charge in [0.05, 0.1) is 28.6 Å². The van der Waals surface area contributed by atoms with Gasteiger partial charge in [0.1, 0.15) is 0 Å². The molecule has 0 saturated heterocycles. The van der Waals surface area contributed by atoms with Gasteiger partial charge in [-0.2, -0.15) is 0 Å². The van der Waals surface area contributed by atoms with E-state index in [4.69, 9.17) is 0 Å². The quantitative estimate of drug-likeness (QED) is 0.198. The lowest BCUT2D eigenvalue weighted by atomic mass is 9.83. The number of hydrogen-bond donors (Lipinski definition) is 1. The predicted molar refractivity (Wildman–Crippen MR) is 225 cm³/mol. The van der Waals surface area contributed by atoms with Gasteiger partial charge in [-0.3, -0.25) is 0 Å². The first-order chi connectivity index (χ1) is 26.8. The Kier molecular flexibility index (Phi) is 7.06. The van der Waals surface area contributed by atoms with E-state index in [-0.39, 0.29) is 6.04 Å². The van der Waals surface area contributed by atoms with Gasteiger partial charge in [0.2, 0.25) is 0 Å².